The van der Waals surface area contributed by atoms with Crippen molar-refractivity contribution in [2.75, 3.05) is 26.7 Å². The maximum Gasteiger partial charge on any atom is 0.249 e. The molecule has 0 saturated carbocycles. The number of unbranched alkanes of at least 4 members (excludes halogenated alkanes) is 6. The molecule has 0 aliphatic heterocycles. The van der Waals surface area contributed by atoms with Crippen LogP contribution in [0.1, 0.15) is 56.2 Å². The second kappa shape index (κ2) is 12.0. The molecule has 3 aromatic rings. The lowest BCUT2D eigenvalue weighted by atomic mass is 10.1. The first-order valence-corrected chi connectivity index (χ1v) is 12.5. The lowest BCUT2D eigenvalue weighted by Crippen LogP contribution is -2.31. The Morgan fingerprint density at radius 3 is 2.42 bits per heavy atom. The molecule has 3 N–H and O–H groups in total. The second-order valence-corrected chi connectivity index (χ2v) is 9.71. The Morgan fingerprint density at radius 1 is 1.06 bits per heavy atom. The van der Waals surface area contributed by atoms with Gasteiger partial charge in [-0.1, -0.05) is 43.7 Å². The SMILES string of the molecule is Cc1c(C)n(CCCCCCCCCN(C)CC(O)CO)c2ccc3[nH]c(=O)cc(Cl)c3c12. The molecule has 2 aromatic heterocycles. The highest BCUT2D eigenvalue weighted by atomic mass is 35.5. The Hall–Kier alpha value is -1.86. The summed E-state index contributed by atoms with van der Waals surface area (Å²) >= 11 is 6.47. The van der Waals surface area contributed by atoms with Crippen molar-refractivity contribution in [2.24, 2.45) is 0 Å². The van der Waals surface area contributed by atoms with Crippen LogP contribution in [0.15, 0.2) is 23.0 Å². The summed E-state index contributed by atoms with van der Waals surface area (Å²) in [5.74, 6) is 0. The van der Waals surface area contributed by atoms with E-state index in [1.165, 1.54) is 54.9 Å². The third-order valence-corrected chi connectivity index (χ3v) is 7.00. The Morgan fingerprint density at radius 2 is 1.73 bits per heavy atom. The van der Waals surface area contributed by atoms with E-state index in [0.29, 0.717) is 11.6 Å². The number of H-pyrrole nitrogens is 1. The number of fused-ring (bicyclic) bond motifs is 3. The zero-order valence-corrected chi connectivity index (χ0v) is 20.9. The number of aliphatic hydroxyl groups excluding tert-OH is 2. The molecule has 1 atom stereocenters. The number of rotatable bonds is 13. The van der Waals surface area contributed by atoms with Crippen LogP contribution in [0.25, 0.3) is 21.8 Å². The summed E-state index contributed by atoms with van der Waals surface area (Å²) in [5.41, 5.74) is 4.28. The van der Waals surface area contributed by atoms with Gasteiger partial charge in [0.25, 0.3) is 0 Å². The number of aromatic nitrogens is 2. The van der Waals surface area contributed by atoms with Gasteiger partial charge in [0.2, 0.25) is 5.56 Å². The maximum absolute atomic E-state index is 11.8. The highest BCUT2D eigenvalue weighted by Crippen LogP contribution is 2.34. The highest BCUT2D eigenvalue weighted by Gasteiger charge is 2.16. The summed E-state index contributed by atoms with van der Waals surface area (Å²) in [6.45, 7) is 6.61. The van der Waals surface area contributed by atoms with E-state index in [9.17, 15) is 9.90 Å². The molecule has 0 aliphatic carbocycles. The van der Waals surface area contributed by atoms with Gasteiger partial charge in [0.05, 0.1) is 23.3 Å². The first kappa shape index (κ1) is 25.8. The molecule has 7 heteroatoms. The number of hydrogen-bond acceptors (Lipinski definition) is 4. The van der Waals surface area contributed by atoms with E-state index >= 15 is 0 Å². The molecule has 2 heterocycles. The van der Waals surface area contributed by atoms with Crippen LogP contribution in [0.4, 0.5) is 0 Å². The van der Waals surface area contributed by atoms with Crippen LogP contribution in [-0.2, 0) is 6.54 Å². The van der Waals surface area contributed by atoms with Gasteiger partial charge in [-0.25, -0.2) is 0 Å². The Labute approximate surface area is 201 Å². The fraction of sp³-hybridized carbons (Fsp3) is 0.577. The standard InChI is InChI=1S/C26H38ClN3O3/c1-18-19(2)30(23-12-11-22-26(25(18)23)21(27)15-24(33)28-22)14-10-8-6-4-5-7-9-13-29(3)16-20(32)17-31/h11-12,15,20,31-32H,4-10,13-14,16-17H2,1-3H3,(H,28,33). The first-order valence-electron chi connectivity index (χ1n) is 12.1. The quantitative estimate of drug-likeness (QED) is 0.311. The number of nitrogens with one attached hydrogen (secondary N) is 1. The molecule has 0 amide bonds. The molecule has 0 aliphatic rings. The van der Waals surface area contributed by atoms with Crippen molar-refractivity contribution in [2.45, 2.75) is 71.4 Å². The maximum atomic E-state index is 11.8. The van der Waals surface area contributed by atoms with E-state index in [-0.39, 0.29) is 12.2 Å². The average molecular weight is 476 g/mol. The van der Waals surface area contributed by atoms with Gasteiger partial charge in [0.1, 0.15) is 0 Å². The van der Waals surface area contributed by atoms with E-state index < -0.39 is 6.10 Å². The lowest BCUT2D eigenvalue weighted by molar-refractivity contribution is 0.0662. The number of pyridine rings is 1. The Bertz CT molecular complexity index is 1120. The Balaban J connectivity index is 1.47. The molecule has 1 aromatic carbocycles. The van der Waals surface area contributed by atoms with E-state index in [1.807, 2.05) is 13.1 Å². The van der Waals surface area contributed by atoms with Crippen molar-refractivity contribution >= 4 is 33.4 Å². The molecule has 182 valence electrons. The predicted octanol–water partition coefficient (Wildman–Crippen LogP) is 4.77. The number of nitrogens with zero attached hydrogens (tertiary/aromatic N) is 2. The monoisotopic (exact) mass is 475 g/mol. The van der Waals surface area contributed by atoms with Gasteiger partial charge in [-0.3, -0.25) is 4.79 Å². The number of aliphatic hydroxyl groups is 2. The van der Waals surface area contributed by atoms with Crippen LogP contribution in [0.5, 0.6) is 0 Å². The summed E-state index contributed by atoms with van der Waals surface area (Å²) in [6.07, 6.45) is 7.78. The fourth-order valence-electron chi connectivity index (χ4n) is 4.80. The summed E-state index contributed by atoms with van der Waals surface area (Å²) in [6, 6.07) is 5.52. The van der Waals surface area contributed by atoms with Crippen molar-refractivity contribution in [1.82, 2.24) is 14.5 Å². The van der Waals surface area contributed by atoms with Gasteiger partial charge in [0.15, 0.2) is 0 Å². The molecule has 0 radical (unpaired) electrons. The smallest absolute Gasteiger partial charge is 0.249 e. The van der Waals surface area contributed by atoms with Crippen molar-refractivity contribution in [3.63, 3.8) is 0 Å². The fourth-order valence-corrected chi connectivity index (χ4v) is 5.10. The minimum absolute atomic E-state index is 0.173. The minimum Gasteiger partial charge on any atom is -0.394 e. The van der Waals surface area contributed by atoms with Crippen LogP contribution in [-0.4, -0.2) is 57.5 Å². The van der Waals surface area contributed by atoms with Crippen molar-refractivity contribution < 1.29 is 10.2 Å². The van der Waals surface area contributed by atoms with E-state index in [2.05, 4.69) is 34.4 Å². The van der Waals surface area contributed by atoms with E-state index in [0.717, 1.165) is 42.2 Å². The van der Waals surface area contributed by atoms with E-state index in [4.69, 9.17) is 16.7 Å². The lowest BCUT2D eigenvalue weighted by Gasteiger charge is -2.19. The van der Waals surface area contributed by atoms with Crippen molar-refractivity contribution in [3.05, 3.63) is 44.8 Å². The zero-order valence-electron chi connectivity index (χ0n) is 20.2. The number of aromatic amines is 1. The van der Waals surface area contributed by atoms with E-state index in [1.54, 1.807) is 0 Å². The van der Waals surface area contributed by atoms with Gasteiger partial charge in [0, 0.05) is 41.1 Å². The molecule has 0 bridgehead atoms. The third-order valence-electron chi connectivity index (χ3n) is 6.71. The number of hydrogen-bond donors (Lipinski definition) is 3. The highest BCUT2D eigenvalue weighted by molar-refractivity contribution is 6.37. The second-order valence-electron chi connectivity index (χ2n) is 9.30. The molecule has 0 saturated heterocycles. The number of halogens is 1. The van der Waals surface area contributed by atoms with Crippen LogP contribution >= 0.6 is 11.6 Å². The predicted molar refractivity (Wildman–Crippen MR) is 137 cm³/mol. The number of likely N-dealkylation sites (N-methyl/N-ethyl adjacent to an activating group) is 1. The van der Waals surface area contributed by atoms with Crippen LogP contribution in [0, 0.1) is 13.8 Å². The molecule has 33 heavy (non-hydrogen) atoms. The molecule has 3 rings (SSSR count). The average Bonchev–Trinajstić information content (AvgIpc) is 3.02. The molecule has 0 spiro atoms. The van der Waals surface area contributed by atoms with Crippen LogP contribution in [0.2, 0.25) is 5.02 Å². The number of benzene rings is 1. The van der Waals surface area contributed by atoms with Gasteiger partial charge in [-0.05, 0) is 58.0 Å². The molecular formula is C26H38ClN3O3. The normalized spacial score (nSPS) is 12.9. The summed E-state index contributed by atoms with van der Waals surface area (Å²) in [7, 11) is 1.99. The molecular weight excluding hydrogens is 438 g/mol. The zero-order chi connectivity index (χ0) is 24.0. The van der Waals surface area contributed by atoms with Crippen molar-refractivity contribution in [3.8, 4) is 0 Å². The first-order chi connectivity index (χ1) is 15.8. The topological polar surface area (TPSA) is 81.5 Å². The van der Waals surface area contributed by atoms with Crippen molar-refractivity contribution in [1.29, 1.82) is 0 Å². The summed E-state index contributed by atoms with van der Waals surface area (Å²) in [4.78, 5) is 16.8. The summed E-state index contributed by atoms with van der Waals surface area (Å²) < 4.78 is 2.39. The molecule has 0 fully saturated rings. The third kappa shape index (κ3) is 6.38. The number of aryl methyl sites for hydroxylation is 2. The minimum atomic E-state index is -0.639. The molecule has 1 unspecified atom stereocenters. The molecule has 6 nitrogen and oxygen atoms in total. The van der Waals surface area contributed by atoms with Gasteiger partial charge >= 0.3 is 0 Å². The largest absolute Gasteiger partial charge is 0.394 e. The van der Waals surface area contributed by atoms with Gasteiger partial charge < -0.3 is 24.7 Å². The summed E-state index contributed by atoms with van der Waals surface area (Å²) in [5, 5.41) is 21.0. The van der Waals surface area contributed by atoms with Gasteiger partial charge in [-0.2, -0.15) is 0 Å². The van der Waals surface area contributed by atoms with Crippen LogP contribution < -0.4 is 5.56 Å². The van der Waals surface area contributed by atoms with Gasteiger partial charge in [-0.15, -0.1) is 0 Å². The van der Waals surface area contributed by atoms with Crippen LogP contribution in [0.3, 0.4) is 0 Å². The Kier molecular flexibility index (Phi) is 9.38.